The van der Waals surface area contributed by atoms with Gasteiger partial charge in [-0.05, 0) is 31.0 Å². The molecule has 1 amide bonds. The monoisotopic (exact) mass is 279 g/mol. The molecule has 2 N–H and O–H groups in total. The first-order valence-corrected chi connectivity index (χ1v) is 6.57. The molecule has 2 unspecified atom stereocenters. The highest BCUT2D eigenvalue weighted by atomic mass is 16.5. The molecule has 0 saturated carbocycles. The third kappa shape index (κ3) is 5.01. The van der Waals surface area contributed by atoms with Gasteiger partial charge in [0.1, 0.15) is 0 Å². The molecule has 20 heavy (non-hydrogen) atoms. The van der Waals surface area contributed by atoms with Crippen molar-refractivity contribution in [1.29, 1.82) is 0 Å². The molecule has 1 aromatic rings. The van der Waals surface area contributed by atoms with Crippen LogP contribution in [0, 0.1) is 5.92 Å². The Bertz CT molecular complexity index is 453. The second kappa shape index (κ2) is 7.65. The molecule has 1 aromatic carbocycles. The summed E-state index contributed by atoms with van der Waals surface area (Å²) in [6.45, 7) is 3.63. The highest BCUT2D eigenvalue weighted by molar-refractivity contribution is 5.94. The van der Waals surface area contributed by atoms with E-state index in [0.717, 1.165) is 5.56 Å². The topological polar surface area (TPSA) is 75.6 Å². The molecule has 5 nitrogen and oxygen atoms in total. The highest BCUT2D eigenvalue weighted by Crippen LogP contribution is 2.11. The molecular formula is C15H21NO4. The van der Waals surface area contributed by atoms with Gasteiger partial charge in [-0.2, -0.15) is 0 Å². The predicted octanol–water partition coefficient (Wildman–Crippen LogP) is 1.15. The Hall–Kier alpha value is -1.88. The zero-order valence-corrected chi connectivity index (χ0v) is 12.1. The molecule has 0 aliphatic rings. The van der Waals surface area contributed by atoms with E-state index >= 15 is 0 Å². The largest absolute Gasteiger partial charge is 0.469 e. The van der Waals surface area contributed by atoms with Gasteiger partial charge in [-0.25, -0.2) is 0 Å². The fraction of sp³-hybridized carbons (Fsp3) is 0.467. The number of methoxy groups -OCH3 is 1. The summed E-state index contributed by atoms with van der Waals surface area (Å²) in [7, 11) is 1.37. The number of carbonyl (C=O) groups is 2. The van der Waals surface area contributed by atoms with Gasteiger partial charge >= 0.3 is 5.97 Å². The Morgan fingerprint density at radius 1 is 1.25 bits per heavy atom. The number of hydrogen-bond acceptors (Lipinski definition) is 4. The number of benzene rings is 1. The second-order valence-corrected chi connectivity index (χ2v) is 4.88. The first-order valence-electron chi connectivity index (χ1n) is 6.57. The molecule has 0 radical (unpaired) electrons. The maximum absolute atomic E-state index is 11.7. The summed E-state index contributed by atoms with van der Waals surface area (Å²) in [5.41, 5.74) is 1.50. The minimum atomic E-state index is -0.570. The summed E-state index contributed by atoms with van der Waals surface area (Å²) >= 11 is 0. The van der Waals surface area contributed by atoms with Crippen LogP contribution in [-0.4, -0.2) is 36.7 Å². The summed E-state index contributed by atoms with van der Waals surface area (Å²) < 4.78 is 4.67. The SMILES string of the molecule is COC(=O)C(C)Cc1ccc(C(=O)NCC(C)O)cc1. The number of ether oxygens (including phenoxy) is 1. The zero-order valence-electron chi connectivity index (χ0n) is 12.1. The maximum Gasteiger partial charge on any atom is 0.308 e. The molecule has 0 aliphatic heterocycles. The van der Waals surface area contributed by atoms with E-state index in [1.807, 2.05) is 12.1 Å². The highest BCUT2D eigenvalue weighted by Gasteiger charge is 2.14. The van der Waals surface area contributed by atoms with E-state index in [1.54, 1.807) is 26.0 Å². The van der Waals surface area contributed by atoms with Crippen LogP contribution in [0.25, 0.3) is 0 Å². The maximum atomic E-state index is 11.7. The molecule has 0 aromatic heterocycles. The quantitative estimate of drug-likeness (QED) is 0.766. The van der Waals surface area contributed by atoms with Crippen LogP contribution in [0.4, 0.5) is 0 Å². The Morgan fingerprint density at radius 2 is 1.85 bits per heavy atom. The van der Waals surface area contributed by atoms with Crippen LogP contribution in [0.1, 0.15) is 29.8 Å². The Labute approximate surface area is 118 Å². The normalized spacial score (nSPS) is 13.4. The number of amides is 1. The molecule has 0 bridgehead atoms. The van der Waals surface area contributed by atoms with Gasteiger partial charge in [0.25, 0.3) is 5.91 Å². The van der Waals surface area contributed by atoms with Crippen LogP contribution in [0.2, 0.25) is 0 Å². The van der Waals surface area contributed by atoms with Crippen molar-refractivity contribution in [2.24, 2.45) is 5.92 Å². The van der Waals surface area contributed by atoms with Crippen molar-refractivity contribution in [3.8, 4) is 0 Å². The predicted molar refractivity (Wildman–Crippen MR) is 75.3 cm³/mol. The number of aliphatic hydroxyl groups is 1. The number of carbonyl (C=O) groups excluding carboxylic acids is 2. The molecule has 0 saturated heterocycles. The van der Waals surface area contributed by atoms with Crippen LogP contribution < -0.4 is 5.32 Å². The zero-order chi connectivity index (χ0) is 15.1. The van der Waals surface area contributed by atoms with Gasteiger partial charge in [0, 0.05) is 12.1 Å². The fourth-order valence-electron chi connectivity index (χ4n) is 1.77. The van der Waals surface area contributed by atoms with Crippen LogP contribution >= 0.6 is 0 Å². The third-order valence-electron chi connectivity index (χ3n) is 2.92. The van der Waals surface area contributed by atoms with E-state index < -0.39 is 6.10 Å². The summed E-state index contributed by atoms with van der Waals surface area (Å²) in [4.78, 5) is 23.1. The average Bonchev–Trinajstić information content (AvgIpc) is 2.44. The number of hydrogen-bond donors (Lipinski definition) is 2. The fourth-order valence-corrected chi connectivity index (χ4v) is 1.77. The van der Waals surface area contributed by atoms with E-state index in [4.69, 9.17) is 5.11 Å². The number of nitrogens with one attached hydrogen (secondary N) is 1. The minimum absolute atomic E-state index is 0.213. The molecular weight excluding hydrogens is 258 g/mol. The van der Waals surface area contributed by atoms with Crippen molar-refractivity contribution in [2.75, 3.05) is 13.7 Å². The van der Waals surface area contributed by atoms with Crippen LogP contribution in [0.5, 0.6) is 0 Å². The lowest BCUT2D eigenvalue weighted by Crippen LogP contribution is -2.30. The van der Waals surface area contributed by atoms with Gasteiger partial charge in [-0.1, -0.05) is 19.1 Å². The molecule has 0 fully saturated rings. The first-order chi connectivity index (χ1) is 9.43. The van der Waals surface area contributed by atoms with E-state index in [1.165, 1.54) is 7.11 Å². The summed E-state index contributed by atoms with van der Waals surface area (Å²) in [6, 6.07) is 7.04. The summed E-state index contributed by atoms with van der Waals surface area (Å²) in [5.74, 6) is -0.683. The van der Waals surface area contributed by atoms with Crippen LogP contribution in [-0.2, 0) is 16.0 Å². The summed E-state index contributed by atoms with van der Waals surface area (Å²) in [5, 5.41) is 11.7. The molecule has 2 atom stereocenters. The lowest BCUT2D eigenvalue weighted by atomic mass is 10.00. The average molecular weight is 279 g/mol. The number of rotatable bonds is 6. The lowest BCUT2D eigenvalue weighted by molar-refractivity contribution is -0.144. The van der Waals surface area contributed by atoms with Crippen molar-refractivity contribution < 1.29 is 19.4 Å². The first kappa shape index (κ1) is 16.2. The Morgan fingerprint density at radius 3 is 2.35 bits per heavy atom. The van der Waals surface area contributed by atoms with Gasteiger partial charge < -0.3 is 15.2 Å². The van der Waals surface area contributed by atoms with E-state index in [9.17, 15) is 9.59 Å². The van der Waals surface area contributed by atoms with Gasteiger partial charge in [-0.15, -0.1) is 0 Å². The van der Waals surface area contributed by atoms with E-state index in [-0.39, 0.29) is 24.3 Å². The second-order valence-electron chi connectivity index (χ2n) is 4.88. The molecule has 1 rings (SSSR count). The standard InChI is InChI=1S/C15H21NO4/c1-10(15(19)20-3)8-12-4-6-13(7-5-12)14(18)16-9-11(2)17/h4-7,10-11,17H,8-9H2,1-3H3,(H,16,18). The van der Waals surface area contributed by atoms with E-state index in [0.29, 0.717) is 12.0 Å². The van der Waals surface area contributed by atoms with Gasteiger partial charge in [-0.3, -0.25) is 9.59 Å². The molecule has 0 heterocycles. The smallest absolute Gasteiger partial charge is 0.308 e. The number of aliphatic hydroxyl groups excluding tert-OH is 1. The Kier molecular flexibility index (Phi) is 6.18. The van der Waals surface area contributed by atoms with Crippen LogP contribution in [0.15, 0.2) is 24.3 Å². The Balaban J connectivity index is 2.60. The minimum Gasteiger partial charge on any atom is -0.469 e. The molecule has 5 heteroatoms. The number of esters is 1. The molecule has 110 valence electrons. The third-order valence-corrected chi connectivity index (χ3v) is 2.92. The lowest BCUT2D eigenvalue weighted by Gasteiger charge is -2.10. The van der Waals surface area contributed by atoms with Crippen molar-refractivity contribution in [1.82, 2.24) is 5.32 Å². The van der Waals surface area contributed by atoms with Gasteiger partial charge in [0.15, 0.2) is 0 Å². The van der Waals surface area contributed by atoms with Crippen molar-refractivity contribution in [2.45, 2.75) is 26.4 Å². The van der Waals surface area contributed by atoms with Gasteiger partial charge in [0.2, 0.25) is 0 Å². The molecule has 0 spiro atoms. The van der Waals surface area contributed by atoms with E-state index in [2.05, 4.69) is 10.1 Å². The van der Waals surface area contributed by atoms with Gasteiger partial charge in [0.05, 0.1) is 19.1 Å². The van der Waals surface area contributed by atoms with Crippen molar-refractivity contribution in [3.63, 3.8) is 0 Å². The van der Waals surface area contributed by atoms with Crippen LogP contribution in [0.3, 0.4) is 0 Å². The molecule has 0 aliphatic carbocycles. The summed E-state index contributed by atoms with van der Waals surface area (Å²) in [6.07, 6.45) is 0.00142. The van der Waals surface area contributed by atoms with Crippen molar-refractivity contribution in [3.05, 3.63) is 35.4 Å². The van der Waals surface area contributed by atoms with Crippen molar-refractivity contribution >= 4 is 11.9 Å².